The van der Waals surface area contributed by atoms with E-state index in [1.54, 1.807) is 19.4 Å². The van der Waals surface area contributed by atoms with Crippen molar-refractivity contribution in [2.45, 2.75) is 32.9 Å². The molecule has 28 heavy (non-hydrogen) atoms. The Bertz CT molecular complexity index is 936. The van der Waals surface area contributed by atoms with Gasteiger partial charge in [-0.15, -0.1) is 0 Å². The van der Waals surface area contributed by atoms with Crippen LogP contribution in [0.15, 0.2) is 60.9 Å². The fourth-order valence-electron chi connectivity index (χ4n) is 2.99. The molecule has 6 heteroatoms. The van der Waals surface area contributed by atoms with Crippen LogP contribution in [0.4, 0.5) is 0 Å². The summed E-state index contributed by atoms with van der Waals surface area (Å²) in [5.74, 6) is 2.04. The molecule has 0 aliphatic heterocycles. The molecule has 3 rings (SSSR count). The molecular formula is C22H25N3O3. The highest BCUT2D eigenvalue weighted by molar-refractivity contribution is 5.81. The Balaban J connectivity index is 1.68. The lowest BCUT2D eigenvalue weighted by atomic mass is 10.1. The smallest absolute Gasteiger partial charge is 0.261 e. The van der Waals surface area contributed by atoms with Gasteiger partial charge in [0.15, 0.2) is 6.10 Å². The Morgan fingerprint density at radius 2 is 1.96 bits per heavy atom. The normalized spacial score (nSPS) is 11.7. The maximum Gasteiger partial charge on any atom is 0.261 e. The van der Waals surface area contributed by atoms with E-state index in [-0.39, 0.29) is 5.91 Å². The number of benzene rings is 2. The summed E-state index contributed by atoms with van der Waals surface area (Å²) in [7, 11) is 1.60. The van der Waals surface area contributed by atoms with Crippen LogP contribution in [0.2, 0.25) is 0 Å². The summed E-state index contributed by atoms with van der Waals surface area (Å²) < 4.78 is 13.1. The second-order valence-electron chi connectivity index (χ2n) is 6.38. The van der Waals surface area contributed by atoms with Gasteiger partial charge >= 0.3 is 0 Å². The highest BCUT2D eigenvalue weighted by Crippen LogP contribution is 2.21. The Morgan fingerprint density at radius 3 is 2.68 bits per heavy atom. The summed E-state index contributed by atoms with van der Waals surface area (Å²) in [5, 5.41) is 2.99. The van der Waals surface area contributed by atoms with Gasteiger partial charge in [0.2, 0.25) is 0 Å². The van der Waals surface area contributed by atoms with Crippen LogP contribution in [-0.2, 0) is 11.3 Å². The Hall–Kier alpha value is -3.28. The van der Waals surface area contributed by atoms with Crippen LogP contribution in [0, 0.1) is 6.92 Å². The molecule has 1 N–H and O–H groups in total. The Morgan fingerprint density at radius 1 is 1.18 bits per heavy atom. The van der Waals surface area contributed by atoms with E-state index < -0.39 is 6.10 Å². The van der Waals surface area contributed by atoms with E-state index in [9.17, 15) is 4.79 Å². The number of nitrogens with zero attached hydrogens (tertiary/aromatic N) is 2. The zero-order chi connectivity index (χ0) is 19.9. The molecule has 0 radical (unpaired) electrons. The van der Waals surface area contributed by atoms with E-state index in [0.717, 1.165) is 17.1 Å². The average molecular weight is 379 g/mol. The van der Waals surface area contributed by atoms with Gasteiger partial charge in [0, 0.05) is 25.0 Å². The molecule has 3 aromatic rings. The summed E-state index contributed by atoms with van der Waals surface area (Å²) in [4.78, 5) is 17.0. The van der Waals surface area contributed by atoms with Crippen molar-refractivity contribution < 1.29 is 14.3 Å². The number of aryl methyl sites for hydroxylation is 1. The first-order valence-electron chi connectivity index (χ1n) is 9.29. The third kappa shape index (κ3) is 4.52. The van der Waals surface area contributed by atoms with Crippen molar-refractivity contribution in [1.29, 1.82) is 0 Å². The number of carbonyl (C=O) groups is 1. The largest absolute Gasteiger partial charge is 0.497 e. The van der Waals surface area contributed by atoms with E-state index in [2.05, 4.69) is 10.3 Å². The van der Waals surface area contributed by atoms with Crippen molar-refractivity contribution in [2.75, 3.05) is 7.11 Å². The van der Waals surface area contributed by atoms with Crippen LogP contribution in [0.5, 0.6) is 11.5 Å². The topological polar surface area (TPSA) is 65.4 Å². The summed E-state index contributed by atoms with van der Waals surface area (Å²) >= 11 is 0. The molecular weight excluding hydrogens is 354 g/mol. The predicted molar refractivity (Wildman–Crippen MR) is 108 cm³/mol. The molecule has 1 aromatic heterocycles. The van der Waals surface area contributed by atoms with Crippen LogP contribution in [-0.4, -0.2) is 28.7 Å². The van der Waals surface area contributed by atoms with E-state index in [1.165, 1.54) is 0 Å². The predicted octanol–water partition coefficient (Wildman–Crippen LogP) is 3.66. The van der Waals surface area contributed by atoms with Gasteiger partial charge in [-0.25, -0.2) is 4.98 Å². The van der Waals surface area contributed by atoms with Crippen molar-refractivity contribution in [2.24, 2.45) is 0 Å². The van der Waals surface area contributed by atoms with Crippen LogP contribution in [0.3, 0.4) is 0 Å². The number of nitrogens with one attached hydrogen (secondary N) is 1. The summed E-state index contributed by atoms with van der Waals surface area (Å²) in [6, 6.07) is 15.2. The molecule has 1 atom stereocenters. The molecule has 0 saturated carbocycles. The number of para-hydroxylation sites is 1. The molecule has 0 saturated heterocycles. The molecule has 0 aliphatic carbocycles. The third-order valence-electron chi connectivity index (χ3n) is 4.51. The molecule has 146 valence electrons. The van der Waals surface area contributed by atoms with Crippen molar-refractivity contribution in [1.82, 2.24) is 14.9 Å². The molecule has 0 fully saturated rings. The fourth-order valence-corrected chi connectivity index (χ4v) is 2.99. The Labute approximate surface area is 165 Å². The van der Waals surface area contributed by atoms with Gasteiger partial charge in [-0.1, -0.05) is 31.2 Å². The molecule has 0 unspecified atom stereocenters. The lowest BCUT2D eigenvalue weighted by molar-refractivity contribution is -0.128. The van der Waals surface area contributed by atoms with Gasteiger partial charge < -0.3 is 19.4 Å². The maximum absolute atomic E-state index is 12.7. The number of hydrogen-bond acceptors (Lipinski definition) is 4. The fraction of sp³-hybridized carbons (Fsp3) is 0.273. The quantitative estimate of drug-likeness (QED) is 0.649. The van der Waals surface area contributed by atoms with Crippen molar-refractivity contribution >= 4 is 5.91 Å². The van der Waals surface area contributed by atoms with Gasteiger partial charge in [-0.2, -0.15) is 0 Å². The first-order valence-corrected chi connectivity index (χ1v) is 9.29. The lowest BCUT2D eigenvalue weighted by Gasteiger charge is -2.18. The molecule has 1 heterocycles. The molecule has 6 nitrogen and oxygen atoms in total. The summed E-state index contributed by atoms with van der Waals surface area (Å²) in [5.41, 5.74) is 2.01. The second kappa shape index (κ2) is 9.08. The van der Waals surface area contributed by atoms with Crippen LogP contribution in [0.1, 0.15) is 24.7 Å². The lowest BCUT2D eigenvalue weighted by Crippen LogP contribution is -2.37. The molecule has 1 amide bonds. The third-order valence-corrected chi connectivity index (χ3v) is 4.51. The van der Waals surface area contributed by atoms with Gasteiger partial charge in [0.05, 0.1) is 12.8 Å². The number of carbonyl (C=O) groups excluding carboxylic acids is 1. The number of ether oxygens (including phenoxy) is 2. The van der Waals surface area contributed by atoms with E-state index in [1.807, 2.05) is 67.1 Å². The minimum Gasteiger partial charge on any atom is -0.497 e. The monoisotopic (exact) mass is 379 g/mol. The van der Waals surface area contributed by atoms with E-state index in [0.29, 0.717) is 24.5 Å². The van der Waals surface area contributed by atoms with Crippen molar-refractivity contribution in [3.8, 4) is 17.2 Å². The SMILES string of the molecule is CC[C@H](Oc1cccc(OC)c1)C(=O)NCc1ccccc1-n1ccnc1C. The minimum absolute atomic E-state index is 0.150. The highest BCUT2D eigenvalue weighted by Gasteiger charge is 2.19. The standard InChI is InChI=1S/C22H25N3O3/c1-4-21(28-19-10-7-9-18(14-19)27-3)22(26)24-15-17-8-5-6-11-20(17)25-13-12-23-16(25)2/h5-14,21H,4,15H2,1-3H3,(H,24,26)/t21-/m0/s1. The average Bonchev–Trinajstić information content (AvgIpc) is 3.16. The highest BCUT2D eigenvalue weighted by atomic mass is 16.5. The first-order chi connectivity index (χ1) is 13.6. The zero-order valence-electron chi connectivity index (χ0n) is 16.4. The van der Waals surface area contributed by atoms with Crippen LogP contribution < -0.4 is 14.8 Å². The molecule has 0 bridgehead atoms. The Kier molecular flexibility index (Phi) is 6.32. The van der Waals surface area contributed by atoms with Gasteiger partial charge in [0.25, 0.3) is 5.91 Å². The number of aromatic nitrogens is 2. The summed E-state index contributed by atoms with van der Waals surface area (Å²) in [6.07, 6.45) is 3.66. The zero-order valence-corrected chi connectivity index (χ0v) is 16.4. The number of rotatable bonds is 8. The molecule has 2 aromatic carbocycles. The van der Waals surface area contributed by atoms with Gasteiger partial charge in [-0.3, -0.25) is 4.79 Å². The van der Waals surface area contributed by atoms with Crippen molar-refractivity contribution in [3.05, 3.63) is 72.3 Å². The second-order valence-corrected chi connectivity index (χ2v) is 6.38. The number of methoxy groups -OCH3 is 1. The molecule has 0 spiro atoms. The minimum atomic E-state index is -0.575. The molecule has 0 aliphatic rings. The van der Waals surface area contributed by atoms with Gasteiger partial charge in [0.1, 0.15) is 17.3 Å². The van der Waals surface area contributed by atoms with Gasteiger partial charge in [-0.05, 0) is 37.1 Å². The maximum atomic E-state index is 12.7. The van der Waals surface area contributed by atoms with E-state index >= 15 is 0 Å². The van der Waals surface area contributed by atoms with E-state index in [4.69, 9.17) is 9.47 Å². The summed E-state index contributed by atoms with van der Waals surface area (Å²) in [6.45, 7) is 4.28. The first kappa shape index (κ1) is 19.5. The van der Waals surface area contributed by atoms with Crippen molar-refractivity contribution in [3.63, 3.8) is 0 Å². The number of imidazole rings is 1. The number of hydrogen-bond donors (Lipinski definition) is 1. The van der Waals surface area contributed by atoms with Crippen LogP contribution >= 0.6 is 0 Å². The number of amides is 1. The van der Waals surface area contributed by atoms with Crippen LogP contribution in [0.25, 0.3) is 5.69 Å².